The minimum Gasteiger partial charge on any atom is -0.495 e. The summed E-state index contributed by atoms with van der Waals surface area (Å²) in [6, 6.07) is 25.4. The number of fused-ring (bicyclic) bond motifs is 2. The van der Waals surface area contributed by atoms with Crippen molar-refractivity contribution < 1.29 is 51.7 Å². The normalized spacial score (nSPS) is 11.8. The maximum atomic E-state index is 13.1. The van der Waals surface area contributed by atoms with E-state index in [0.717, 1.165) is 37.4 Å². The van der Waals surface area contributed by atoms with Crippen molar-refractivity contribution in [3.63, 3.8) is 0 Å². The summed E-state index contributed by atoms with van der Waals surface area (Å²) in [5.74, 6) is 3.49. The number of amides is 1. The molecule has 0 bridgehead atoms. The van der Waals surface area contributed by atoms with Gasteiger partial charge in [-0.1, -0.05) is 22.6 Å². The summed E-state index contributed by atoms with van der Waals surface area (Å²) in [4.78, 5) is 30.1. The highest BCUT2D eigenvalue weighted by Crippen LogP contribution is 2.41. The van der Waals surface area contributed by atoms with E-state index in [2.05, 4.69) is 52.5 Å². The molecule has 0 aliphatic carbocycles. The number of likely N-dealkylation sites (N-methyl/N-ethyl adjacent to an activating group) is 1. The standard InChI is InChI=1S/C22H20BrN3O5.C12H11BrO3.C12H16N4O3/c1-26-15-6-5-12(9-14(15)24-25-26)22(30-4)21(27)17-8-7-16(31-17)13-10-18(28-2)20(23)19(11-13)29-3;1-14-10-6-8(9-4-3-5-16-9)7-11(15-2)12(10)13;1-15-10-6-5-8(7-9(10)13-14-15)11(18-3)12(17)16(2)19-4/h5-11,22H,1-4H3;3-7H,1-2H3;5-7,11H,1-4H3. The molecule has 2 atom stereocenters. The second kappa shape index (κ2) is 22.1. The van der Waals surface area contributed by atoms with Crippen molar-refractivity contribution >= 4 is 65.6 Å². The van der Waals surface area contributed by atoms with Crippen LogP contribution in [0, 0.1) is 0 Å². The highest BCUT2D eigenvalue weighted by atomic mass is 79.9. The lowest BCUT2D eigenvalue weighted by Crippen LogP contribution is -2.31. The van der Waals surface area contributed by atoms with Crippen LogP contribution in [0.2, 0.25) is 0 Å². The van der Waals surface area contributed by atoms with Crippen LogP contribution in [-0.2, 0) is 33.2 Å². The number of hydrogen-bond acceptors (Lipinski definition) is 15. The Labute approximate surface area is 396 Å². The summed E-state index contributed by atoms with van der Waals surface area (Å²) in [6.07, 6.45) is 0.0758. The number of methoxy groups -OCH3 is 6. The van der Waals surface area contributed by atoms with E-state index in [1.807, 2.05) is 62.6 Å². The molecule has 0 saturated heterocycles. The Morgan fingerprint density at radius 3 is 1.52 bits per heavy atom. The van der Waals surface area contributed by atoms with E-state index >= 15 is 0 Å². The van der Waals surface area contributed by atoms with Gasteiger partial charge < -0.3 is 37.3 Å². The monoisotopic (exact) mass is 1030 g/mol. The molecular weight excluding hydrogens is 986 g/mol. The summed E-state index contributed by atoms with van der Waals surface area (Å²) in [7, 11) is 15.9. The number of rotatable bonds is 14. The van der Waals surface area contributed by atoms with E-state index in [1.54, 1.807) is 80.5 Å². The molecule has 66 heavy (non-hydrogen) atoms. The van der Waals surface area contributed by atoms with Gasteiger partial charge >= 0.3 is 0 Å². The van der Waals surface area contributed by atoms with Gasteiger partial charge in [-0.15, -0.1) is 10.2 Å². The molecule has 0 saturated carbocycles. The average molecular weight is 1030 g/mol. The zero-order valence-corrected chi connectivity index (χ0v) is 40.9. The van der Waals surface area contributed by atoms with Gasteiger partial charge in [-0.3, -0.25) is 14.4 Å². The number of benzene rings is 4. The van der Waals surface area contributed by atoms with Crippen LogP contribution in [0.1, 0.15) is 33.9 Å². The Balaban J connectivity index is 0.000000176. The molecule has 1 amide bonds. The Morgan fingerprint density at radius 2 is 1.09 bits per heavy atom. The maximum Gasteiger partial charge on any atom is 0.279 e. The van der Waals surface area contributed by atoms with Gasteiger partial charge in [0.05, 0.1) is 52.8 Å². The Bertz CT molecular complexity index is 2880. The van der Waals surface area contributed by atoms with Gasteiger partial charge in [0.1, 0.15) is 60.6 Å². The second-order valence-electron chi connectivity index (χ2n) is 14.1. The van der Waals surface area contributed by atoms with Crippen LogP contribution in [-0.4, -0.2) is 104 Å². The maximum absolute atomic E-state index is 13.1. The summed E-state index contributed by atoms with van der Waals surface area (Å²) in [5.41, 5.74) is 6.18. The number of aryl methyl sites for hydroxylation is 2. The average Bonchev–Trinajstić information content (AvgIpc) is 4.19. The van der Waals surface area contributed by atoms with Gasteiger partial charge in [0.2, 0.25) is 5.78 Å². The van der Waals surface area contributed by atoms with Crippen molar-refractivity contribution in [2.45, 2.75) is 12.2 Å². The molecule has 18 nitrogen and oxygen atoms in total. The van der Waals surface area contributed by atoms with Crippen LogP contribution in [0.15, 0.2) is 109 Å². The molecule has 0 radical (unpaired) electrons. The van der Waals surface area contributed by atoms with E-state index in [0.29, 0.717) is 55.4 Å². The summed E-state index contributed by atoms with van der Waals surface area (Å²) < 4.78 is 48.1. The first-order chi connectivity index (χ1) is 31.8. The highest BCUT2D eigenvalue weighted by Gasteiger charge is 2.27. The molecule has 8 rings (SSSR count). The number of carbonyl (C=O) groups excluding carboxylic acids is 2. The highest BCUT2D eigenvalue weighted by molar-refractivity contribution is 9.11. The predicted molar refractivity (Wildman–Crippen MR) is 251 cm³/mol. The zero-order chi connectivity index (χ0) is 47.7. The first-order valence-electron chi connectivity index (χ1n) is 19.8. The van der Waals surface area contributed by atoms with E-state index in [9.17, 15) is 9.59 Å². The number of aromatic nitrogens is 6. The Hall–Kier alpha value is -6.58. The minimum absolute atomic E-state index is 0.182. The molecule has 4 heterocycles. The van der Waals surface area contributed by atoms with E-state index in [1.165, 1.54) is 28.4 Å². The number of Topliss-reactive ketones (excluding diaryl/α,β-unsaturated/α-hetero) is 1. The summed E-state index contributed by atoms with van der Waals surface area (Å²) in [6.45, 7) is 0. The fourth-order valence-electron chi connectivity index (χ4n) is 6.69. The van der Waals surface area contributed by atoms with Gasteiger partial charge in [0.25, 0.3) is 5.91 Å². The Kier molecular flexibility index (Phi) is 16.3. The molecule has 8 aromatic rings. The molecule has 0 aliphatic heterocycles. The lowest BCUT2D eigenvalue weighted by molar-refractivity contribution is -0.179. The smallest absolute Gasteiger partial charge is 0.279 e. The lowest BCUT2D eigenvalue weighted by atomic mass is 10.0. The number of halogens is 2. The predicted octanol–water partition coefficient (Wildman–Crippen LogP) is 8.98. The van der Waals surface area contributed by atoms with Crippen LogP contribution < -0.4 is 18.9 Å². The quantitative estimate of drug-likeness (QED) is 0.0740. The molecule has 4 aromatic heterocycles. The Morgan fingerprint density at radius 1 is 0.621 bits per heavy atom. The van der Waals surface area contributed by atoms with Crippen molar-refractivity contribution in [1.82, 2.24) is 35.1 Å². The SMILES string of the molecule is COC(C(=O)N(C)OC)c1ccc2c(c1)nnn2C.COc1cc(-c2ccc(C(=O)C(OC)c3ccc4c(c3)nnn4C)o2)cc(OC)c1Br.COc1cc(-c2ccco2)cc(OC)c1Br. The molecule has 0 N–H and O–H groups in total. The van der Waals surface area contributed by atoms with Crippen molar-refractivity contribution in [3.05, 3.63) is 117 Å². The number of ether oxygens (including phenoxy) is 6. The third-order valence-electron chi connectivity index (χ3n) is 10.2. The van der Waals surface area contributed by atoms with Gasteiger partial charge in [-0.05, 0) is 116 Å². The number of ketones is 1. The van der Waals surface area contributed by atoms with Gasteiger partial charge in [-0.2, -0.15) is 0 Å². The molecule has 4 aromatic carbocycles. The fraction of sp³-hybridized carbons (Fsp3) is 0.261. The fourth-order valence-corrected chi connectivity index (χ4v) is 7.80. The molecule has 0 aliphatic rings. The first-order valence-corrected chi connectivity index (χ1v) is 21.4. The number of nitrogens with zero attached hydrogens (tertiary/aromatic N) is 7. The van der Waals surface area contributed by atoms with Crippen molar-refractivity contribution in [1.29, 1.82) is 0 Å². The molecule has 0 fully saturated rings. The largest absolute Gasteiger partial charge is 0.495 e. The van der Waals surface area contributed by atoms with E-state index < -0.39 is 12.2 Å². The van der Waals surface area contributed by atoms with Crippen LogP contribution in [0.4, 0.5) is 0 Å². The molecule has 346 valence electrons. The van der Waals surface area contributed by atoms with Crippen LogP contribution in [0.25, 0.3) is 44.7 Å². The van der Waals surface area contributed by atoms with Crippen molar-refractivity contribution in [3.8, 4) is 45.6 Å². The summed E-state index contributed by atoms with van der Waals surface area (Å²) >= 11 is 6.87. The van der Waals surface area contributed by atoms with Crippen LogP contribution in [0.5, 0.6) is 23.0 Å². The third-order valence-corrected chi connectivity index (χ3v) is 11.8. The van der Waals surface area contributed by atoms with Gasteiger partial charge in [0.15, 0.2) is 11.9 Å². The molecule has 0 spiro atoms. The molecular formula is C46H47Br2N7O11. The van der Waals surface area contributed by atoms with Crippen molar-refractivity contribution in [2.24, 2.45) is 14.1 Å². The summed E-state index contributed by atoms with van der Waals surface area (Å²) in [5, 5.41) is 17.2. The number of carbonyl (C=O) groups is 2. The van der Waals surface area contributed by atoms with Crippen LogP contribution >= 0.6 is 31.9 Å². The van der Waals surface area contributed by atoms with E-state index in [-0.39, 0.29) is 17.5 Å². The van der Waals surface area contributed by atoms with Gasteiger partial charge in [-0.25, -0.2) is 14.4 Å². The zero-order valence-electron chi connectivity index (χ0n) is 37.7. The second-order valence-corrected chi connectivity index (χ2v) is 15.7. The van der Waals surface area contributed by atoms with Gasteiger partial charge in [0, 0.05) is 46.5 Å². The lowest BCUT2D eigenvalue weighted by Gasteiger charge is -2.20. The molecule has 2 unspecified atom stereocenters. The van der Waals surface area contributed by atoms with Crippen LogP contribution in [0.3, 0.4) is 0 Å². The first kappa shape index (κ1) is 48.9. The third kappa shape index (κ3) is 10.6. The minimum atomic E-state index is -0.834. The number of hydrogen-bond donors (Lipinski definition) is 0. The number of hydroxylamine groups is 2. The number of furan rings is 2. The van der Waals surface area contributed by atoms with Crippen molar-refractivity contribution in [2.75, 3.05) is 56.8 Å². The van der Waals surface area contributed by atoms with E-state index in [4.69, 9.17) is 42.1 Å². The topological polar surface area (TPSA) is 190 Å². The molecule has 20 heteroatoms.